The van der Waals surface area contributed by atoms with E-state index in [2.05, 4.69) is 17.1 Å². The summed E-state index contributed by atoms with van der Waals surface area (Å²) in [5.41, 5.74) is 0. The van der Waals surface area contributed by atoms with Crippen molar-refractivity contribution >= 4 is 12.0 Å². The zero-order valence-electron chi connectivity index (χ0n) is 13.5. The third-order valence-electron chi connectivity index (χ3n) is 4.45. The fourth-order valence-corrected chi connectivity index (χ4v) is 2.75. The Morgan fingerprint density at radius 2 is 1.95 bits per heavy atom. The van der Waals surface area contributed by atoms with Gasteiger partial charge in [0.05, 0.1) is 0 Å². The van der Waals surface area contributed by atoms with Crippen LogP contribution in [0.25, 0.3) is 0 Å². The summed E-state index contributed by atoms with van der Waals surface area (Å²) < 4.78 is 0. The van der Waals surface area contributed by atoms with Gasteiger partial charge in [0.2, 0.25) is 0 Å². The monoisotopic (exact) mass is 299 g/mol. The number of hydrogen-bond acceptors (Lipinski definition) is 3. The molecule has 0 aromatic carbocycles. The minimum atomic E-state index is -0.809. The van der Waals surface area contributed by atoms with Crippen LogP contribution in [0, 0.1) is 5.92 Å². The Labute approximate surface area is 127 Å². The Bertz CT molecular complexity index is 341. The molecule has 1 atom stereocenters. The van der Waals surface area contributed by atoms with Gasteiger partial charge < -0.3 is 20.2 Å². The molecule has 1 unspecified atom stereocenters. The van der Waals surface area contributed by atoms with Crippen LogP contribution in [0.5, 0.6) is 0 Å². The molecule has 1 rings (SSSR count). The number of nitrogens with zero attached hydrogens (tertiary/aromatic N) is 2. The van der Waals surface area contributed by atoms with Gasteiger partial charge in [-0.3, -0.25) is 4.79 Å². The standard InChI is InChI=1S/C15H29N3O3/c1-4-12(10-14(19)20)11-16-15(21)17(3)13-6-8-18(5-2)9-7-13/h12-13H,4-11H2,1-3H3,(H,16,21)(H,19,20). The number of nitrogens with one attached hydrogen (secondary N) is 1. The van der Waals surface area contributed by atoms with Crippen molar-refractivity contribution in [3.8, 4) is 0 Å². The Morgan fingerprint density at radius 1 is 1.33 bits per heavy atom. The van der Waals surface area contributed by atoms with Crippen molar-refractivity contribution in [1.82, 2.24) is 15.1 Å². The van der Waals surface area contributed by atoms with E-state index in [0.29, 0.717) is 6.54 Å². The van der Waals surface area contributed by atoms with Gasteiger partial charge in [0.1, 0.15) is 0 Å². The summed E-state index contributed by atoms with van der Waals surface area (Å²) in [7, 11) is 1.83. The zero-order chi connectivity index (χ0) is 15.8. The molecule has 1 aliphatic heterocycles. The molecule has 21 heavy (non-hydrogen) atoms. The number of likely N-dealkylation sites (tertiary alicyclic amines) is 1. The first-order valence-corrected chi connectivity index (χ1v) is 7.92. The molecule has 122 valence electrons. The minimum Gasteiger partial charge on any atom is -0.481 e. The number of urea groups is 1. The van der Waals surface area contributed by atoms with E-state index in [1.807, 2.05) is 14.0 Å². The van der Waals surface area contributed by atoms with Gasteiger partial charge in [-0.05, 0) is 25.3 Å². The molecule has 6 heteroatoms. The summed E-state index contributed by atoms with van der Waals surface area (Å²) >= 11 is 0. The molecule has 1 fully saturated rings. The lowest BCUT2D eigenvalue weighted by Gasteiger charge is -2.36. The van der Waals surface area contributed by atoms with Crippen LogP contribution in [-0.2, 0) is 4.79 Å². The van der Waals surface area contributed by atoms with Gasteiger partial charge in [-0.25, -0.2) is 4.79 Å². The third-order valence-corrected chi connectivity index (χ3v) is 4.45. The average Bonchev–Trinajstić information content (AvgIpc) is 2.50. The molecule has 1 saturated heterocycles. The average molecular weight is 299 g/mol. The Kier molecular flexibility index (Phi) is 7.50. The van der Waals surface area contributed by atoms with E-state index in [4.69, 9.17) is 5.11 Å². The second-order valence-corrected chi connectivity index (χ2v) is 5.83. The van der Waals surface area contributed by atoms with E-state index in [1.54, 1.807) is 4.90 Å². The number of carboxylic acid groups (broad SMARTS) is 1. The van der Waals surface area contributed by atoms with E-state index >= 15 is 0 Å². The maximum Gasteiger partial charge on any atom is 0.317 e. The van der Waals surface area contributed by atoms with Crippen LogP contribution in [0.2, 0.25) is 0 Å². The van der Waals surface area contributed by atoms with Crippen LogP contribution in [-0.4, -0.2) is 66.2 Å². The van der Waals surface area contributed by atoms with E-state index in [9.17, 15) is 9.59 Å². The lowest BCUT2D eigenvalue weighted by Crippen LogP contribution is -2.49. The highest BCUT2D eigenvalue weighted by Gasteiger charge is 2.25. The first kappa shape index (κ1) is 17.8. The lowest BCUT2D eigenvalue weighted by atomic mass is 10.0. The number of carbonyl (C=O) groups is 2. The molecule has 0 aliphatic carbocycles. The molecule has 0 radical (unpaired) electrons. The fourth-order valence-electron chi connectivity index (χ4n) is 2.75. The molecule has 0 bridgehead atoms. The van der Waals surface area contributed by atoms with Gasteiger partial charge in [-0.15, -0.1) is 0 Å². The molecule has 2 amide bonds. The van der Waals surface area contributed by atoms with Gasteiger partial charge in [0.25, 0.3) is 0 Å². The van der Waals surface area contributed by atoms with E-state index in [0.717, 1.165) is 38.9 Å². The fraction of sp³-hybridized carbons (Fsp3) is 0.867. The lowest BCUT2D eigenvalue weighted by molar-refractivity contribution is -0.138. The second kappa shape index (κ2) is 8.87. The highest BCUT2D eigenvalue weighted by molar-refractivity contribution is 5.74. The largest absolute Gasteiger partial charge is 0.481 e. The first-order chi connectivity index (χ1) is 9.97. The predicted octanol–water partition coefficient (Wildman–Crippen LogP) is 1.61. The van der Waals surface area contributed by atoms with Crippen LogP contribution in [0.1, 0.15) is 39.5 Å². The van der Waals surface area contributed by atoms with Gasteiger partial charge in [0.15, 0.2) is 0 Å². The smallest absolute Gasteiger partial charge is 0.317 e. The van der Waals surface area contributed by atoms with Gasteiger partial charge >= 0.3 is 12.0 Å². The van der Waals surface area contributed by atoms with Crippen molar-refractivity contribution in [3.05, 3.63) is 0 Å². The number of piperidine rings is 1. The quantitative estimate of drug-likeness (QED) is 0.749. The number of carboxylic acids is 1. The minimum absolute atomic E-state index is 0.00166. The highest BCUT2D eigenvalue weighted by Crippen LogP contribution is 2.15. The van der Waals surface area contributed by atoms with Crippen molar-refractivity contribution in [1.29, 1.82) is 0 Å². The summed E-state index contributed by atoms with van der Waals surface area (Å²) in [6.45, 7) is 7.68. The molecular weight excluding hydrogens is 270 g/mol. The molecule has 1 heterocycles. The molecule has 0 aromatic heterocycles. The summed E-state index contributed by atoms with van der Waals surface area (Å²) in [6, 6.07) is 0.195. The molecule has 0 spiro atoms. The van der Waals surface area contributed by atoms with Crippen LogP contribution >= 0.6 is 0 Å². The van der Waals surface area contributed by atoms with Gasteiger partial charge in [0, 0.05) is 39.1 Å². The van der Waals surface area contributed by atoms with Crippen molar-refractivity contribution in [2.75, 3.05) is 33.2 Å². The summed E-state index contributed by atoms with van der Waals surface area (Å²) in [5.74, 6) is -0.807. The molecule has 1 aliphatic rings. The van der Waals surface area contributed by atoms with Crippen LogP contribution < -0.4 is 5.32 Å². The SMILES string of the molecule is CCC(CNC(=O)N(C)C1CCN(CC)CC1)CC(=O)O. The third kappa shape index (κ3) is 5.91. The van der Waals surface area contributed by atoms with E-state index in [1.165, 1.54) is 0 Å². The van der Waals surface area contributed by atoms with Crippen molar-refractivity contribution in [2.24, 2.45) is 5.92 Å². The summed E-state index contributed by atoms with van der Waals surface area (Å²) in [4.78, 5) is 27.0. The summed E-state index contributed by atoms with van der Waals surface area (Å²) in [5, 5.41) is 11.7. The Hall–Kier alpha value is -1.30. The topological polar surface area (TPSA) is 72.9 Å². The Balaban J connectivity index is 2.35. The number of rotatable bonds is 7. The normalized spacial score (nSPS) is 18.2. The number of hydrogen-bond donors (Lipinski definition) is 2. The molecule has 0 aromatic rings. The Morgan fingerprint density at radius 3 is 2.43 bits per heavy atom. The van der Waals surface area contributed by atoms with Gasteiger partial charge in [-0.2, -0.15) is 0 Å². The highest BCUT2D eigenvalue weighted by atomic mass is 16.4. The number of amides is 2. The van der Waals surface area contributed by atoms with Crippen LogP contribution in [0.15, 0.2) is 0 Å². The van der Waals surface area contributed by atoms with Crippen molar-refractivity contribution in [3.63, 3.8) is 0 Å². The molecule has 6 nitrogen and oxygen atoms in total. The molecule has 2 N–H and O–H groups in total. The maximum atomic E-state index is 12.2. The number of aliphatic carboxylic acids is 1. The van der Waals surface area contributed by atoms with Crippen LogP contribution in [0.3, 0.4) is 0 Å². The van der Waals surface area contributed by atoms with Crippen LogP contribution in [0.4, 0.5) is 4.79 Å². The second-order valence-electron chi connectivity index (χ2n) is 5.83. The maximum absolute atomic E-state index is 12.2. The van der Waals surface area contributed by atoms with Crippen molar-refractivity contribution in [2.45, 2.75) is 45.6 Å². The predicted molar refractivity (Wildman–Crippen MR) is 82.3 cm³/mol. The zero-order valence-corrected chi connectivity index (χ0v) is 13.5. The van der Waals surface area contributed by atoms with E-state index in [-0.39, 0.29) is 24.4 Å². The summed E-state index contributed by atoms with van der Waals surface area (Å²) in [6.07, 6.45) is 2.87. The van der Waals surface area contributed by atoms with Crippen molar-refractivity contribution < 1.29 is 14.7 Å². The molecular formula is C15H29N3O3. The van der Waals surface area contributed by atoms with Gasteiger partial charge in [-0.1, -0.05) is 20.3 Å². The van der Waals surface area contributed by atoms with E-state index < -0.39 is 5.97 Å². The molecule has 0 saturated carbocycles. The number of carbonyl (C=O) groups excluding carboxylic acids is 1. The first-order valence-electron chi connectivity index (χ1n) is 7.92.